The fourth-order valence-electron chi connectivity index (χ4n) is 3.77. The molecular formula is C28H23ClF2N2O. The van der Waals surface area contributed by atoms with Crippen molar-refractivity contribution in [2.45, 2.75) is 32.1 Å². The van der Waals surface area contributed by atoms with Gasteiger partial charge in [-0.05, 0) is 17.2 Å². The number of carbonyl (C=O) groups excluding carboxylic acids is 1. The number of hydrogen-bond donors (Lipinski definition) is 0. The topological polar surface area (TPSA) is 42.9 Å². The molecular weight excluding hydrogens is 454 g/mol. The zero-order valence-electron chi connectivity index (χ0n) is 18.6. The van der Waals surface area contributed by atoms with Gasteiger partial charge in [-0.3, -0.25) is 14.8 Å². The molecule has 3 aromatic carbocycles. The molecule has 4 aromatic rings. The molecule has 0 atom stereocenters. The number of carbonyl (C=O) groups is 1. The predicted molar refractivity (Wildman–Crippen MR) is 131 cm³/mol. The lowest BCUT2D eigenvalue weighted by Gasteiger charge is -2.14. The maximum atomic E-state index is 13.8. The highest BCUT2D eigenvalue weighted by Crippen LogP contribution is 2.33. The monoisotopic (exact) mass is 476 g/mol. The Morgan fingerprint density at radius 2 is 1.38 bits per heavy atom. The van der Waals surface area contributed by atoms with E-state index < -0.39 is 5.92 Å². The van der Waals surface area contributed by atoms with Crippen LogP contribution in [0.2, 0.25) is 5.02 Å². The number of halogens is 3. The van der Waals surface area contributed by atoms with Crippen molar-refractivity contribution in [3.05, 3.63) is 107 Å². The third kappa shape index (κ3) is 5.37. The average Bonchev–Trinajstić information content (AvgIpc) is 2.85. The molecule has 1 heterocycles. The summed E-state index contributed by atoms with van der Waals surface area (Å²) in [6.45, 7) is 1.45. The fraction of sp³-hybridized carbons (Fsp3) is 0.179. The van der Waals surface area contributed by atoms with E-state index in [9.17, 15) is 13.6 Å². The van der Waals surface area contributed by atoms with Crippen LogP contribution in [-0.4, -0.2) is 15.8 Å². The lowest BCUT2D eigenvalue weighted by atomic mass is 9.98. The molecule has 0 spiro atoms. The highest BCUT2D eigenvalue weighted by Gasteiger charge is 2.28. The van der Waals surface area contributed by atoms with Crippen molar-refractivity contribution in [1.82, 2.24) is 9.97 Å². The molecule has 0 saturated heterocycles. The molecule has 3 nitrogen and oxygen atoms in total. The summed E-state index contributed by atoms with van der Waals surface area (Å²) in [5.41, 5.74) is 4.63. The van der Waals surface area contributed by atoms with Gasteiger partial charge in [0.2, 0.25) is 0 Å². The molecule has 0 aliphatic rings. The van der Waals surface area contributed by atoms with Crippen LogP contribution < -0.4 is 0 Å². The van der Waals surface area contributed by atoms with Crippen LogP contribution in [0, 0.1) is 0 Å². The van der Waals surface area contributed by atoms with Crippen molar-refractivity contribution in [3.63, 3.8) is 0 Å². The van der Waals surface area contributed by atoms with Gasteiger partial charge in [-0.2, -0.15) is 0 Å². The molecule has 1 aromatic heterocycles. The summed E-state index contributed by atoms with van der Waals surface area (Å²) in [7, 11) is 0. The van der Waals surface area contributed by atoms with Gasteiger partial charge in [-0.1, -0.05) is 85.3 Å². The van der Waals surface area contributed by atoms with Crippen molar-refractivity contribution in [3.8, 4) is 22.5 Å². The first kappa shape index (κ1) is 23.7. The minimum absolute atomic E-state index is 0.0130. The van der Waals surface area contributed by atoms with E-state index in [1.807, 2.05) is 48.5 Å². The Morgan fingerprint density at radius 1 is 0.824 bits per heavy atom. The molecule has 6 heteroatoms. The van der Waals surface area contributed by atoms with E-state index in [1.54, 1.807) is 24.5 Å². The third-order valence-electron chi connectivity index (χ3n) is 5.68. The molecule has 0 N–H and O–H groups in total. The number of hydrogen-bond acceptors (Lipinski definition) is 3. The average molecular weight is 477 g/mol. The maximum absolute atomic E-state index is 13.8. The van der Waals surface area contributed by atoms with Gasteiger partial charge in [0.05, 0.1) is 16.4 Å². The first-order valence-corrected chi connectivity index (χ1v) is 11.4. The lowest BCUT2D eigenvalue weighted by Crippen LogP contribution is -2.12. The second-order valence-electron chi connectivity index (χ2n) is 8.08. The van der Waals surface area contributed by atoms with E-state index in [2.05, 4.69) is 9.97 Å². The van der Waals surface area contributed by atoms with Gasteiger partial charge in [0, 0.05) is 48.3 Å². The number of alkyl halides is 2. The van der Waals surface area contributed by atoms with Crippen LogP contribution in [0.4, 0.5) is 8.78 Å². The molecule has 0 saturated carbocycles. The number of nitrogens with zero attached hydrogens (tertiary/aromatic N) is 2. The zero-order chi connectivity index (χ0) is 24.1. The van der Waals surface area contributed by atoms with Crippen molar-refractivity contribution in [2.24, 2.45) is 0 Å². The van der Waals surface area contributed by atoms with Gasteiger partial charge in [0.15, 0.2) is 0 Å². The molecule has 0 radical (unpaired) electrons. The first-order valence-electron chi connectivity index (χ1n) is 11.0. The van der Waals surface area contributed by atoms with Crippen LogP contribution in [0.5, 0.6) is 0 Å². The Bertz CT molecular complexity index is 1290. The Labute approximate surface area is 202 Å². The number of rotatable bonds is 8. The quantitative estimate of drug-likeness (QED) is 0.267. The lowest BCUT2D eigenvalue weighted by molar-refractivity contribution is -0.117. The van der Waals surface area contributed by atoms with Crippen molar-refractivity contribution >= 4 is 17.4 Å². The van der Waals surface area contributed by atoms with Gasteiger partial charge in [-0.25, -0.2) is 8.78 Å². The van der Waals surface area contributed by atoms with Crippen LogP contribution in [0.25, 0.3) is 22.5 Å². The van der Waals surface area contributed by atoms with Crippen molar-refractivity contribution in [1.29, 1.82) is 0 Å². The second kappa shape index (κ2) is 10.2. The minimum Gasteiger partial charge on any atom is -0.299 e. The van der Waals surface area contributed by atoms with E-state index in [4.69, 9.17) is 11.6 Å². The maximum Gasteiger partial charge on any atom is 0.273 e. The molecule has 0 aliphatic carbocycles. The number of aromatic nitrogens is 2. The standard InChI is InChI=1S/C28H23ClF2N2O/c1-2-28(30,31)22-13-9-20(10-14-22)18-23(34)17-19-7-11-21(12-8-19)26-27(33-16-15-32-26)24-5-3-4-6-25(24)29/h3-16H,2,17-18H2,1H3. The highest BCUT2D eigenvalue weighted by atomic mass is 35.5. The van der Waals surface area contributed by atoms with Gasteiger partial charge in [0.25, 0.3) is 5.92 Å². The van der Waals surface area contributed by atoms with Crippen molar-refractivity contribution in [2.75, 3.05) is 0 Å². The summed E-state index contributed by atoms with van der Waals surface area (Å²) in [5.74, 6) is -2.84. The normalized spacial score (nSPS) is 11.4. The summed E-state index contributed by atoms with van der Waals surface area (Å²) in [6.07, 6.45) is 3.46. The van der Waals surface area contributed by atoms with Crippen molar-refractivity contribution < 1.29 is 13.6 Å². The molecule has 34 heavy (non-hydrogen) atoms. The van der Waals surface area contributed by atoms with Crippen LogP contribution in [0.15, 0.2) is 85.2 Å². The summed E-state index contributed by atoms with van der Waals surface area (Å²) in [6, 6.07) is 21.1. The predicted octanol–water partition coefficient (Wildman–Crippen LogP) is 7.32. The third-order valence-corrected chi connectivity index (χ3v) is 6.01. The van der Waals surface area contributed by atoms with E-state index in [-0.39, 0.29) is 30.6 Å². The second-order valence-corrected chi connectivity index (χ2v) is 8.48. The number of Topliss-reactive ketones (excluding diaryl/α,β-unsaturated/α-hetero) is 1. The van der Waals surface area contributed by atoms with E-state index >= 15 is 0 Å². The molecule has 0 bridgehead atoms. The van der Waals surface area contributed by atoms with Gasteiger partial charge >= 0.3 is 0 Å². The Hall–Kier alpha value is -3.44. The summed E-state index contributed by atoms with van der Waals surface area (Å²) in [4.78, 5) is 21.6. The SMILES string of the molecule is CCC(F)(F)c1ccc(CC(=O)Cc2ccc(-c3nccnc3-c3ccccc3Cl)cc2)cc1. The van der Waals surface area contributed by atoms with E-state index in [0.717, 1.165) is 22.3 Å². The fourth-order valence-corrected chi connectivity index (χ4v) is 3.99. The van der Waals surface area contributed by atoms with Crippen LogP contribution in [-0.2, 0) is 23.6 Å². The molecule has 0 unspecified atom stereocenters. The first-order chi connectivity index (χ1) is 16.4. The molecule has 0 amide bonds. The summed E-state index contributed by atoms with van der Waals surface area (Å²) in [5, 5.41) is 0.595. The molecule has 0 fully saturated rings. The molecule has 0 aliphatic heterocycles. The summed E-state index contributed by atoms with van der Waals surface area (Å²) >= 11 is 6.36. The minimum atomic E-state index is -2.85. The zero-order valence-corrected chi connectivity index (χ0v) is 19.4. The van der Waals surface area contributed by atoms with E-state index in [1.165, 1.54) is 19.1 Å². The van der Waals surface area contributed by atoms with Gasteiger partial charge in [-0.15, -0.1) is 0 Å². The smallest absolute Gasteiger partial charge is 0.273 e. The highest BCUT2D eigenvalue weighted by molar-refractivity contribution is 6.33. The van der Waals surface area contributed by atoms with E-state index in [0.29, 0.717) is 16.4 Å². The van der Waals surface area contributed by atoms with Crippen LogP contribution >= 0.6 is 11.6 Å². The molecule has 172 valence electrons. The Morgan fingerprint density at radius 3 is 1.97 bits per heavy atom. The Kier molecular flexibility index (Phi) is 7.13. The molecule has 4 rings (SSSR count). The van der Waals surface area contributed by atoms with Gasteiger partial charge in [0.1, 0.15) is 5.78 Å². The van der Waals surface area contributed by atoms with Gasteiger partial charge < -0.3 is 0 Å². The Balaban J connectivity index is 1.46. The number of benzene rings is 3. The summed E-state index contributed by atoms with van der Waals surface area (Å²) < 4.78 is 27.6. The number of ketones is 1. The van der Waals surface area contributed by atoms with Crippen LogP contribution in [0.3, 0.4) is 0 Å². The van der Waals surface area contributed by atoms with Crippen LogP contribution in [0.1, 0.15) is 30.0 Å². The largest absolute Gasteiger partial charge is 0.299 e.